The second-order valence-corrected chi connectivity index (χ2v) is 8.13. The first kappa shape index (κ1) is 22.6. The van der Waals surface area contributed by atoms with Crippen molar-refractivity contribution >= 4 is 24.0 Å². The van der Waals surface area contributed by atoms with Crippen molar-refractivity contribution in [2.45, 2.75) is 32.9 Å². The maximum absolute atomic E-state index is 9.33. The third-order valence-electron chi connectivity index (χ3n) is 4.91. The van der Waals surface area contributed by atoms with E-state index >= 15 is 0 Å². The van der Waals surface area contributed by atoms with Gasteiger partial charge in [-0.15, -0.1) is 12.4 Å². The van der Waals surface area contributed by atoms with Gasteiger partial charge >= 0.3 is 0 Å². The molecule has 2 heterocycles. The number of ether oxygens (including phenoxy) is 1. The molecule has 0 radical (unpaired) electrons. The molecule has 0 saturated carbocycles. The van der Waals surface area contributed by atoms with Gasteiger partial charge in [-0.05, 0) is 48.2 Å². The molecule has 2 N–H and O–H groups in total. The van der Waals surface area contributed by atoms with Crippen LogP contribution in [0.2, 0.25) is 5.02 Å². The van der Waals surface area contributed by atoms with E-state index in [1.54, 1.807) is 0 Å². The highest BCUT2D eigenvalue weighted by atomic mass is 35.5. The summed E-state index contributed by atoms with van der Waals surface area (Å²) in [5.74, 6) is 2.27. The van der Waals surface area contributed by atoms with Gasteiger partial charge in [-0.3, -0.25) is 0 Å². The van der Waals surface area contributed by atoms with Crippen LogP contribution in [-0.4, -0.2) is 34.5 Å². The minimum absolute atomic E-state index is 0. The van der Waals surface area contributed by atoms with Gasteiger partial charge in [-0.1, -0.05) is 36.7 Å². The molecule has 3 aromatic rings. The van der Waals surface area contributed by atoms with Crippen molar-refractivity contribution in [2.75, 3.05) is 13.2 Å². The van der Waals surface area contributed by atoms with Crippen LogP contribution in [0.1, 0.15) is 25.0 Å². The fourth-order valence-electron chi connectivity index (χ4n) is 3.36. The summed E-state index contributed by atoms with van der Waals surface area (Å²) < 4.78 is 11.3. The van der Waals surface area contributed by atoms with Crippen molar-refractivity contribution in [3.8, 4) is 28.6 Å². The lowest BCUT2D eigenvalue weighted by Gasteiger charge is -2.10. The Balaban J connectivity index is 0.00000256. The molecular weight excluding hydrogens is 425 g/mol. The predicted molar refractivity (Wildman–Crippen MR) is 119 cm³/mol. The highest BCUT2D eigenvalue weighted by Crippen LogP contribution is 2.30. The van der Waals surface area contributed by atoms with Gasteiger partial charge in [0.15, 0.2) is 0 Å². The SMILES string of the molecule is CC(C)Cc1ccc(-c2nc(-c3ccc4c(c3)CNC(CO)CO4)no2)cc1Cl.Cl. The van der Waals surface area contributed by atoms with Crippen molar-refractivity contribution in [3.63, 3.8) is 0 Å². The molecule has 0 amide bonds. The molecule has 6 nitrogen and oxygen atoms in total. The minimum Gasteiger partial charge on any atom is -0.492 e. The van der Waals surface area contributed by atoms with Gasteiger partial charge in [0, 0.05) is 28.3 Å². The predicted octanol–water partition coefficient (Wildman–Crippen LogP) is 4.52. The number of hydrogen-bond donors (Lipinski definition) is 2. The highest BCUT2D eigenvalue weighted by molar-refractivity contribution is 6.31. The Bertz CT molecular complexity index is 1010. The molecule has 160 valence electrons. The molecule has 1 aliphatic heterocycles. The number of fused-ring (bicyclic) bond motifs is 1. The lowest BCUT2D eigenvalue weighted by atomic mass is 10.0. The van der Waals surface area contributed by atoms with E-state index in [4.69, 9.17) is 20.9 Å². The van der Waals surface area contributed by atoms with Crippen LogP contribution in [0.25, 0.3) is 22.8 Å². The Hall–Kier alpha value is -2.12. The zero-order valence-electron chi connectivity index (χ0n) is 16.9. The van der Waals surface area contributed by atoms with E-state index in [1.807, 2.05) is 36.4 Å². The summed E-state index contributed by atoms with van der Waals surface area (Å²) in [7, 11) is 0. The Kier molecular flexibility index (Phi) is 7.36. The van der Waals surface area contributed by atoms with Gasteiger partial charge in [-0.25, -0.2) is 0 Å². The van der Waals surface area contributed by atoms with E-state index in [9.17, 15) is 5.11 Å². The van der Waals surface area contributed by atoms with Crippen molar-refractivity contribution in [3.05, 3.63) is 52.5 Å². The fraction of sp³-hybridized carbons (Fsp3) is 0.364. The monoisotopic (exact) mass is 449 g/mol. The topological polar surface area (TPSA) is 80.4 Å². The average molecular weight is 450 g/mol. The molecular formula is C22H25Cl2N3O3. The number of aromatic nitrogens is 2. The second kappa shape index (κ2) is 9.79. The van der Waals surface area contributed by atoms with Gasteiger partial charge < -0.3 is 19.7 Å². The normalized spacial score (nSPS) is 15.8. The molecule has 1 aromatic heterocycles. The summed E-state index contributed by atoms with van der Waals surface area (Å²) in [6, 6.07) is 11.6. The Labute approximate surface area is 187 Å². The molecule has 0 spiro atoms. The fourth-order valence-corrected chi connectivity index (χ4v) is 3.62. The van der Waals surface area contributed by atoms with E-state index in [2.05, 4.69) is 29.3 Å². The number of aliphatic hydroxyl groups excluding tert-OH is 1. The summed E-state index contributed by atoms with van der Waals surface area (Å²) in [4.78, 5) is 4.55. The van der Waals surface area contributed by atoms with Crippen LogP contribution in [0.15, 0.2) is 40.9 Å². The van der Waals surface area contributed by atoms with Crippen LogP contribution in [0.4, 0.5) is 0 Å². The summed E-state index contributed by atoms with van der Waals surface area (Å²) >= 11 is 6.44. The van der Waals surface area contributed by atoms with Crippen LogP contribution >= 0.6 is 24.0 Å². The number of nitrogens with zero attached hydrogens (tertiary/aromatic N) is 2. The zero-order chi connectivity index (χ0) is 20.4. The molecule has 2 aromatic carbocycles. The largest absolute Gasteiger partial charge is 0.492 e. The van der Waals surface area contributed by atoms with Crippen molar-refractivity contribution in [2.24, 2.45) is 5.92 Å². The summed E-state index contributed by atoms with van der Waals surface area (Å²) in [5.41, 5.74) is 3.75. The summed E-state index contributed by atoms with van der Waals surface area (Å²) in [5, 5.41) is 17.4. The molecule has 0 fully saturated rings. The maximum atomic E-state index is 9.33. The number of halogens is 2. The number of aliphatic hydroxyl groups is 1. The van der Waals surface area contributed by atoms with Crippen LogP contribution in [-0.2, 0) is 13.0 Å². The molecule has 30 heavy (non-hydrogen) atoms. The van der Waals surface area contributed by atoms with Crippen molar-refractivity contribution in [1.82, 2.24) is 15.5 Å². The minimum atomic E-state index is -0.0777. The van der Waals surface area contributed by atoms with E-state index in [0.29, 0.717) is 35.8 Å². The van der Waals surface area contributed by atoms with Gasteiger partial charge in [0.1, 0.15) is 12.4 Å². The zero-order valence-corrected chi connectivity index (χ0v) is 18.5. The molecule has 1 aliphatic rings. The first-order chi connectivity index (χ1) is 14.0. The number of benzene rings is 2. The average Bonchev–Trinajstić information content (AvgIpc) is 3.11. The first-order valence-corrected chi connectivity index (χ1v) is 10.1. The summed E-state index contributed by atoms with van der Waals surface area (Å²) in [6.45, 7) is 5.40. The third kappa shape index (κ3) is 4.95. The summed E-state index contributed by atoms with van der Waals surface area (Å²) in [6.07, 6.45) is 0.927. The van der Waals surface area contributed by atoms with E-state index in [0.717, 1.165) is 34.4 Å². The molecule has 0 bridgehead atoms. The molecule has 1 unspecified atom stereocenters. The van der Waals surface area contributed by atoms with Gasteiger partial charge in [0.05, 0.1) is 12.6 Å². The van der Waals surface area contributed by atoms with Crippen LogP contribution in [0.5, 0.6) is 5.75 Å². The smallest absolute Gasteiger partial charge is 0.258 e. The standard InChI is InChI=1S/C22H24ClN3O3.ClH/c1-13(2)7-14-3-4-16(9-19(14)23)22-25-21(26-29-22)15-5-6-20-17(8-15)10-24-18(11-27)12-28-20;/h3-6,8-9,13,18,24,27H,7,10-12H2,1-2H3;1H. The van der Waals surface area contributed by atoms with Gasteiger partial charge in [-0.2, -0.15) is 4.98 Å². The number of rotatable bonds is 5. The van der Waals surface area contributed by atoms with Crippen molar-refractivity contribution < 1.29 is 14.4 Å². The van der Waals surface area contributed by atoms with Crippen LogP contribution in [0.3, 0.4) is 0 Å². The molecule has 0 aliphatic carbocycles. The van der Waals surface area contributed by atoms with Gasteiger partial charge in [0.2, 0.25) is 5.82 Å². The first-order valence-electron chi connectivity index (χ1n) is 9.76. The molecule has 4 rings (SSSR count). The van der Waals surface area contributed by atoms with E-state index < -0.39 is 0 Å². The molecule has 1 atom stereocenters. The third-order valence-corrected chi connectivity index (χ3v) is 5.27. The lowest BCUT2D eigenvalue weighted by molar-refractivity contribution is 0.191. The number of hydrogen-bond acceptors (Lipinski definition) is 6. The van der Waals surface area contributed by atoms with E-state index in [-0.39, 0.29) is 25.1 Å². The Morgan fingerprint density at radius 3 is 2.73 bits per heavy atom. The highest BCUT2D eigenvalue weighted by Gasteiger charge is 2.18. The Morgan fingerprint density at radius 2 is 2.00 bits per heavy atom. The quantitative estimate of drug-likeness (QED) is 0.595. The van der Waals surface area contributed by atoms with E-state index in [1.165, 1.54) is 0 Å². The van der Waals surface area contributed by atoms with Crippen LogP contribution < -0.4 is 10.1 Å². The number of nitrogens with one attached hydrogen (secondary N) is 1. The maximum Gasteiger partial charge on any atom is 0.258 e. The molecule has 0 saturated heterocycles. The lowest BCUT2D eigenvalue weighted by Crippen LogP contribution is -2.35. The van der Waals surface area contributed by atoms with Gasteiger partial charge in [0.25, 0.3) is 5.89 Å². The van der Waals surface area contributed by atoms with Crippen LogP contribution in [0, 0.1) is 5.92 Å². The van der Waals surface area contributed by atoms with Crippen molar-refractivity contribution in [1.29, 1.82) is 0 Å². The second-order valence-electron chi connectivity index (χ2n) is 7.72. The Morgan fingerprint density at radius 1 is 1.20 bits per heavy atom. The molecule has 8 heteroatoms.